The summed E-state index contributed by atoms with van der Waals surface area (Å²) in [7, 11) is 0. The van der Waals surface area contributed by atoms with Gasteiger partial charge in [-0.05, 0) is 44.6 Å². The molecule has 2 N–H and O–H groups in total. The number of nitrogens with two attached hydrogens (primary N) is 1. The standard InChI is InChI=1S/C15H23NO/c1-15(16,10-9-14-8-5-11-17-14)12-13-6-3-2-4-7-13/h2-4,6-7,14H,5,8-12,16H2,1H3. The van der Waals surface area contributed by atoms with Crippen LogP contribution < -0.4 is 5.73 Å². The van der Waals surface area contributed by atoms with Gasteiger partial charge in [0.1, 0.15) is 0 Å². The molecule has 0 saturated carbocycles. The Morgan fingerprint density at radius 2 is 2.12 bits per heavy atom. The molecule has 2 nitrogen and oxygen atoms in total. The van der Waals surface area contributed by atoms with Gasteiger partial charge < -0.3 is 10.5 Å². The second-order valence-corrected chi connectivity index (χ2v) is 5.49. The summed E-state index contributed by atoms with van der Waals surface area (Å²) in [5.41, 5.74) is 7.58. The number of ether oxygens (including phenoxy) is 1. The Bertz CT molecular complexity index is 328. The van der Waals surface area contributed by atoms with E-state index in [4.69, 9.17) is 10.5 Å². The zero-order valence-corrected chi connectivity index (χ0v) is 10.7. The highest BCUT2D eigenvalue weighted by Gasteiger charge is 2.23. The molecule has 0 aliphatic carbocycles. The predicted octanol–water partition coefficient (Wildman–Crippen LogP) is 2.91. The van der Waals surface area contributed by atoms with Crippen LogP contribution in [0.2, 0.25) is 0 Å². The Balaban J connectivity index is 1.81. The minimum atomic E-state index is -0.118. The van der Waals surface area contributed by atoms with Gasteiger partial charge in [0.25, 0.3) is 0 Å². The van der Waals surface area contributed by atoms with E-state index in [0.29, 0.717) is 6.10 Å². The Hall–Kier alpha value is -0.860. The van der Waals surface area contributed by atoms with Gasteiger partial charge in [0.2, 0.25) is 0 Å². The molecule has 2 atom stereocenters. The molecule has 2 heteroatoms. The van der Waals surface area contributed by atoms with Gasteiger partial charge >= 0.3 is 0 Å². The molecule has 2 rings (SSSR count). The third kappa shape index (κ3) is 4.14. The Morgan fingerprint density at radius 1 is 1.35 bits per heavy atom. The molecule has 1 aliphatic rings. The fourth-order valence-corrected chi connectivity index (χ4v) is 2.51. The largest absolute Gasteiger partial charge is 0.378 e. The molecule has 1 heterocycles. The molecule has 0 radical (unpaired) electrons. The van der Waals surface area contributed by atoms with Crippen LogP contribution in [-0.2, 0) is 11.2 Å². The molecule has 0 amide bonds. The smallest absolute Gasteiger partial charge is 0.0576 e. The molecule has 94 valence electrons. The van der Waals surface area contributed by atoms with Gasteiger partial charge in [-0.25, -0.2) is 0 Å². The van der Waals surface area contributed by atoms with Crippen LogP contribution in [0.5, 0.6) is 0 Å². The fraction of sp³-hybridized carbons (Fsp3) is 0.600. The van der Waals surface area contributed by atoms with E-state index in [1.807, 2.05) is 6.07 Å². The number of hydrogen-bond donors (Lipinski definition) is 1. The van der Waals surface area contributed by atoms with Crippen molar-refractivity contribution in [3.8, 4) is 0 Å². The van der Waals surface area contributed by atoms with Crippen molar-refractivity contribution in [1.82, 2.24) is 0 Å². The quantitative estimate of drug-likeness (QED) is 0.848. The molecule has 0 spiro atoms. The van der Waals surface area contributed by atoms with Crippen molar-refractivity contribution in [2.45, 2.75) is 50.7 Å². The molecular weight excluding hydrogens is 210 g/mol. The summed E-state index contributed by atoms with van der Waals surface area (Å²) in [5.74, 6) is 0. The molecular formula is C15H23NO. The van der Waals surface area contributed by atoms with Gasteiger partial charge in [-0.15, -0.1) is 0 Å². The lowest BCUT2D eigenvalue weighted by Crippen LogP contribution is -2.39. The Labute approximate surface area is 104 Å². The lowest BCUT2D eigenvalue weighted by Gasteiger charge is -2.26. The highest BCUT2D eigenvalue weighted by molar-refractivity contribution is 5.17. The summed E-state index contributed by atoms with van der Waals surface area (Å²) in [6.45, 7) is 3.08. The summed E-state index contributed by atoms with van der Waals surface area (Å²) in [6, 6.07) is 10.5. The van der Waals surface area contributed by atoms with E-state index in [0.717, 1.165) is 25.9 Å². The van der Waals surface area contributed by atoms with Crippen molar-refractivity contribution in [3.63, 3.8) is 0 Å². The monoisotopic (exact) mass is 233 g/mol. The summed E-state index contributed by atoms with van der Waals surface area (Å²) in [6.07, 6.45) is 5.95. The first-order chi connectivity index (χ1) is 8.16. The van der Waals surface area contributed by atoms with Crippen LogP contribution >= 0.6 is 0 Å². The van der Waals surface area contributed by atoms with Crippen LogP contribution in [0.3, 0.4) is 0 Å². The van der Waals surface area contributed by atoms with Crippen molar-refractivity contribution < 1.29 is 4.74 Å². The van der Waals surface area contributed by atoms with Gasteiger partial charge in [-0.3, -0.25) is 0 Å². The summed E-state index contributed by atoms with van der Waals surface area (Å²) >= 11 is 0. The van der Waals surface area contributed by atoms with Crippen molar-refractivity contribution >= 4 is 0 Å². The average Bonchev–Trinajstić information content (AvgIpc) is 2.80. The van der Waals surface area contributed by atoms with Crippen LogP contribution in [0, 0.1) is 0 Å². The normalized spacial score (nSPS) is 23.5. The first-order valence-electron chi connectivity index (χ1n) is 6.60. The van der Waals surface area contributed by atoms with Gasteiger partial charge in [0.15, 0.2) is 0 Å². The van der Waals surface area contributed by atoms with E-state index in [1.165, 1.54) is 18.4 Å². The van der Waals surface area contributed by atoms with Gasteiger partial charge in [0.05, 0.1) is 6.10 Å². The molecule has 1 saturated heterocycles. The van der Waals surface area contributed by atoms with Crippen LogP contribution in [0.1, 0.15) is 38.2 Å². The van der Waals surface area contributed by atoms with Crippen molar-refractivity contribution in [2.24, 2.45) is 5.73 Å². The minimum Gasteiger partial charge on any atom is -0.378 e. The highest BCUT2D eigenvalue weighted by atomic mass is 16.5. The van der Waals surface area contributed by atoms with Gasteiger partial charge in [-0.2, -0.15) is 0 Å². The maximum Gasteiger partial charge on any atom is 0.0576 e. The van der Waals surface area contributed by atoms with E-state index < -0.39 is 0 Å². The zero-order valence-electron chi connectivity index (χ0n) is 10.7. The second-order valence-electron chi connectivity index (χ2n) is 5.49. The maximum absolute atomic E-state index is 6.37. The lowest BCUT2D eigenvalue weighted by atomic mass is 9.88. The van der Waals surface area contributed by atoms with Crippen molar-refractivity contribution in [2.75, 3.05) is 6.61 Å². The topological polar surface area (TPSA) is 35.2 Å². The van der Waals surface area contributed by atoms with Crippen molar-refractivity contribution in [1.29, 1.82) is 0 Å². The molecule has 1 aromatic carbocycles. The fourth-order valence-electron chi connectivity index (χ4n) is 2.51. The molecule has 1 fully saturated rings. The molecule has 0 bridgehead atoms. The first kappa shape index (κ1) is 12.6. The second kappa shape index (κ2) is 5.65. The van der Waals surface area contributed by atoms with E-state index >= 15 is 0 Å². The summed E-state index contributed by atoms with van der Waals surface area (Å²) < 4.78 is 5.64. The van der Waals surface area contributed by atoms with Crippen LogP contribution in [-0.4, -0.2) is 18.2 Å². The SMILES string of the molecule is CC(N)(CCC1CCCO1)Cc1ccccc1. The lowest BCUT2D eigenvalue weighted by molar-refractivity contribution is 0.0967. The van der Waals surface area contributed by atoms with E-state index in [1.54, 1.807) is 0 Å². The van der Waals surface area contributed by atoms with Crippen LogP contribution in [0.4, 0.5) is 0 Å². The third-order valence-corrected chi connectivity index (χ3v) is 3.51. The number of hydrogen-bond acceptors (Lipinski definition) is 2. The van der Waals surface area contributed by atoms with E-state index in [9.17, 15) is 0 Å². The first-order valence-corrected chi connectivity index (χ1v) is 6.60. The Morgan fingerprint density at radius 3 is 2.76 bits per heavy atom. The Kier molecular flexibility index (Phi) is 4.19. The number of benzene rings is 1. The van der Waals surface area contributed by atoms with Crippen LogP contribution in [0.25, 0.3) is 0 Å². The average molecular weight is 233 g/mol. The zero-order chi connectivity index (χ0) is 12.1. The van der Waals surface area contributed by atoms with Gasteiger partial charge in [-0.1, -0.05) is 30.3 Å². The van der Waals surface area contributed by atoms with Crippen molar-refractivity contribution in [3.05, 3.63) is 35.9 Å². The predicted molar refractivity (Wildman–Crippen MR) is 70.9 cm³/mol. The summed E-state index contributed by atoms with van der Waals surface area (Å²) in [5, 5.41) is 0. The van der Waals surface area contributed by atoms with E-state index in [2.05, 4.69) is 31.2 Å². The third-order valence-electron chi connectivity index (χ3n) is 3.51. The summed E-state index contributed by atoms with van der Waals surface area (Å²) in [4.78, 5) is 0. The molecule has 1 aromatic rings. The van der Waals surface area contributed by atoms with E-state index in [-0.39, 0.29) is 5.54 Å². The molecule has 1 aliphatic heterocycles. The highest BCUT2D eigenvalue weighted by Crippen LogP contribution is 2.22. The minimum absolute atomic E-state index is 0.118. The van der Waals surface area contributed by atoms with Crippen LogP contribution in [0.15, 0.2) is 30.3 Å². The maximum atomic E-state index is 6.37. The number of rotatable bonds is 5. The molecule has 0 aromatic heterocycles. The molecule has 2 unspecified atom stereocenters. The van der Waals surface area contributed by atoms with Gasteiger partial charge in [0, 0.05) is 12.1 Å². The molecule has 17 heavy (non-hydrogen) atoms.